The topological polar surface area (TPSA) is 0 Å². The van der Waals surface area contributed by atoms with E-state index in [9.17, 15) is 0 Å². The molecule has 0 fully saturated rings. The van der Waals surface area contributed by atoms with Gasteiger partial charge in [0, 0.05) is 11.1 Å². The first-order valence-electron chi connectivity index (χ1n) is 8.15. The highest BCUT2D eigenvalue weighted by molar-refractivity contribution is 5.68. The molecule has 0 spiro atoms. The Morgan fingerprint density at radius 1 is 0.731 bits per heavy atom. The number of terminal acetylenes is 2. The van der Waals surface area contributed by atoms with Gasteiger partial charge >= 0.3 is 0 Å². The quantitative estimate of drug-likeness (QED) is 0.555. The van der Waals surface area contributed by atoms with Gasteiger partial charge < -0.3 is 0 Å². The summed E-state index contributed by atoms with van der Waals surface area (Å²) in [5, 5.41) is 0. The minimum atomic E-state index is 0. The van der Waals surface area contributed by atoms with Gasteiger partial charge in [-0.1, -0.05) is 64.7 Å². The van der Waals surface area contributed by atoms with Crippen molar-refractivity contribution < 1.29 is 0 Å². The Morgan fingerprint density at radius 3 is 1.81 bits per heavy atom. The molecule has 0 heteroatoms. The van der Waals surface area contributed by atoms with E-state index in [-0.39, 0.29) is 7.43 Å². The van der Waals surface area contributed by atoms with Gasteiger partial charge in [-0.15, -0.1) is 18.8 Å². The molecule has 1 rings (SSSR count). The Hall–Kier alpha value is -3.42. The second kappa shape index (κ2) is 17.9. The molecule has 0 bridgehead atoms. The van der Waals surface area contributed by atoms with Crippen LogP contribution in [0.25, 0.3) is 0 Å². The Labute approximate surface area is 162 Å². The molecule has 132 valence electrons. The van der Waals surface area contributed by atoms with Crippen LogP contribution in [-0.2, 0) is 0 Å². The molecule has 0 aliphatic carbocycles. The molecule has 0 radical (unpaired) electrons. The van der Waals surface area contributed by atoms with Gasteiger partial charge in [-0.2, -0.15) is 0 Å². The van der Waals surface area contributed by atoms with Crippen molar-refractivity contribution >= 4 is 0 Å². The summed E-state index contributed by atoms with van der Waals surface area (Å²) in [6, 6.07) is 1.89. The monoisotopic (exact) mass is 340 g/mol. The third-order valence-electron chi connectivity index (χ3n) is 2.56. The van der Waals surface area contributed by atoms with Crippen LogP contribution in [0, 0.1) is 79.0 Å². The zero-order valence-electron chi connectivity index (χ0n) is 16.2. The zero-order valence-corrected chi connectivity index (χ0v) is 16.2. The van der Waals surface area contributed by atoms with Crippen LogP contribution < -0.4 is 0 Å². The zero-order chi connectivity index (χ0) is 19.7. The molecule has 0 aliphatic rings. The van der Waals surface area contributed by atoms with Gasteiger partial charge in [0.15, 0.2) is 0 Å². The molecule has 26 heavy (non-hydrogen) atoms. The van der Waals surface area contributed by atoms with Crippen molar-refractivity contribution in [2.45, 2.75) is 55.9 Å². The van der Waals surface area contributed by atoms with Crippen LogP contribution in [0.4, 0.5) is 0 Å². The van der Waals surface area contributed by atoms with Gasteiger partial charge in [-0.05, 0) is 56.1 Å². The summed E-state index contributed by atoms with van der Waals surface area (Å²) < 4.78 is 0. The van der Waals surface area contributed by atoms with Crippen LogP contribution in [0.15, 0.2) is 6.07 Å². The first kappa shape index (κ1) is 27.4. The maximum Gasteiger partial charge on any atom is 0.0581 e. The largest absolute Gasteiger partial charge is 0.115 e. The van der Waals surface area contributed by atoms with Crippen molar-refractivity contribution in [1.29, 1.82) is 0 Å². The van der Waals surface area contributed by atoms with Crippen molar-refractivity contribution in [3.05, 3.63) is 33.9 Å². The second-order valence-electron chi connectivity index (χ2n) is 3.90. The molecule has 0 atom stereocenters. The summed E-state index contributed by atoms with van der Waals surface area (Å²) in [7, 11) is 0. The van der Waals surface area contributed by atoms with Crippen LogP contribution in [0.5, 0.6) is 0 Å². The fourth-order valence-electron chi connectivity index (χ4n) is 1.74. The number of hydrogen-bond donors (Lipinski definition) is 0. The SMILES string of the molecule is C.C#CC#Cc1c(C#CC#CC)cc(C)c(C#C)c1C#CC.CC.CC. The third kappa shape index (κ3) is 8.44. The van der Waals surface area contributed by atoms with E-state index in [0.717, 1.165) is 16.7 Å². The highest BCUT2D eigenvalue weighted by Gasteiger charge is 2.11. The van der Waals surface area contributed by atoms with Crippen molar-refractivity contribution in [3.8, 4) is 72.1 Å². The smallest absolute Gasteiger partial charge is 0.0581 e. The third-order valence-corrected chi connectivity index (χ3v) is 2.56. The lowest BCUT2D eigenvalue weighted by Crippen LogP contribution is -1.98. The minimum Gasteiger partial charge on any atom is -0.115 e. The fraction of sp³-hybridized carbons (Fsp3) is 0.308. The predicted octanol–water partition coefficient (Wildman–Crippen LogP) is 5.40. The standard InChI is InChI=1S/C21H12.2C2H6.CH4/c1-6-10-12-14-18-16-17(5)19(9-4)21(13-8-3)20(18)15-11-7-2;2*1-2;/h2,4,16H,1,3,5H3;2*1-2H3;1H4. The first-order valence-corrected chi connectivity index (χ1v) is 8.15. The van der Waals surface area contributed by atoms with Gasteiger partial charge in [0.2, 0.25) is 0 Å². The Balaban J connectivity index is -0.000000985. The molecule has 1 aromatic rings. The summed E-state index contributed by atoms with van der Waals surface area (Å²) in [4.78, 5) is 0. The molecular formula is C26H28. The minimum absolute atomic E-state index is 0. The van der Waals surface area contributed by atoms with E-state index in [1.807, 2.05) is 40.7 Å². The molecule has 0 unspecified atom stereocenters. The van der Waals surface area contributed by atoms with Crippen LogP contribution in [0.1, 0.15) is 76.8 Å². The van der Waals surface area contributed by atoms with Crippen LogP contribution in [0.3, 0.4) is 0 Å². The highest BCUT2D eigenvalue weighted by atomic mass is 14.1. The lowest BCUT2D eigenvalue weighted by atomic mass is 9.92. The average Bonchev–Trinajstić information content (AvgIpc) is 2.65. The van der Waals surface area contributed by atoms with Gasteiger partial charge in [0.05, 0.1) is 11.1 Å². The second-order valence-corrected chi connectivity index (χ2v) is 3.90. The fourth-order valence-corrected chi connectivity index (χ4v) is 1.74. The molecule has 0 saturated carbocycles. The Bertz CT molecular complexity index is 895. The van der Waals surface area contributed by atoms with Gasteiger partial charge in [0.25, 0.3) is 0 Å². The number of hydrogen-bond acceptors (Lipinski definition) is 0. The van der Waals surface area contributed by atoms with E-state index in [4.69, 9.17) is 12.8 Å². The van der Waals surface area contributed by atoms with Gasteiger partial charge in [-0.25, -0.2) is 0 Å². The molecule has 0 N–H and O–H groups in total. The summed E-state index contributed by atoms with van der Waals surface area (Å²) >= 11 is 0. The molecular weight excluding hydrogens is 312 g/mol. The maximum atomic E-state index is 5.59. The maximum absolute atomic E-state index is 5.59. The number of aryl methyl sites for hydroxylation is 1. The van der Waals surface area contributed by atoms with Crippen LogP contribution in [0.2, 0.25) is 0 Å². The predicted molar refractivity (Wildman–Crippen MR) is 117 cm³/mol. The summed E-state index contributed by atoms with van der Waals surface area (Å²) in [5.74, 6) is 27.5. The van der Waals surface area contributed by atoms with Crippen molar-refractivity contribution in [2.75, 3.05) is 0 Å². The molecule has 1 aromatic carbocycles. The van der Waals surface area contributed by atoms with E-state index >= 15 is 0 Å². The molecule has 0 amide bonds. The molecule has 0 saturated heterocycles. The molecule has 0 nitrogen and oxygen atoms in total. The summed E-state index contributed by atoms with van der Waals surface area (Å²) in [6.07, 6.45) is 10.8. The van der Waals surface area contributed by atoms with Crippen LogP contribution in [-0.4, -0.2) is 0 Å². The van der Waals surface area contributed by atoms with Crippen molar-refractivity contribution in [1.82, 2.24) is 0 Å². The summed E-state index contributed by atoms with van der Waals surface area (Å²) in [6.45, 7) is 13.4. The van der Waals surface area contributed by atoms with E-state index in [1.54, 1.807) is 13.8 Å². The highest BCUT2D eigenvalue weighted by Crippen LogP contribution is 2.21. The summed E-state index contributed by atoms with van der Waals surface area (Å²) in [5.41, 5.74) is 3.73. The lowest BCUT2D eigenvalue weighted by molar-refractivity contribution is 1.38. The van der Waals surface area contributed by atoms with E-state index in [2.05, 4.69) is 59.2 Å². The van der Waals surface area contributed by atoms with Crippen molar-refractivity contribution in [3.63, 3.8) is 0 Å². The number of rotatable bonds is 0. The Morgan fingerprint density at radius 2 is 1.35 bits per heavy atom. The number of benzene rings is 1. The van der Waals surface area contributed by atoms with E-state index in [1.165, 1.54) is 0 Å². The lowest BCUT2D eigenvalue weighted by Gasteiger charge is -2.08. The molecule has 0 aliphatic heterocycles. The van der Waals surface area contributed by atoms with E-state index < -0.39 is 0 Å². The Kier molecular flexibility index (Phi) is 18.9. The van der Waals surface area contributed by atoms with Gasteiger partial charge in [-0.3, -0.25) is 0 Å². The molecule has 0 aromatic heterocycles. The normalized spacial score (nSPS) is 6.19. The van der Waals surface area contributed by atoms with Gasteiger partial charge in [0.1, 0.15) is 0 Å². The van der Waals surface area contributed by atoms with Crippen molar-refractivity contribution in [2.24, 2.45) is 0 Å². The van der Waals surface area contributed by atoms with E-state index in [0.29, 0.717) is 11.1 Å². The molecule has 0 heterocycles. The van der Waals surface area contributed by atoms with Crippen LogP contribution >= 0.6 is 0 Å². The average molecular weight is 341 g/mol. The first-order chi connectivity index (χ1) is 12.2.